The molecule has 0 saturated heterocycles. The Morgan fingerprint density at radius 2 is 1.48 bits per heavy atom. The van der Waals surface area contributed by atoms with Gasteiger partial charge in [-0.15, -0.1) is 0 Å². The molecule has 0 aliphatic heterocycles. The molecule has 0 fully saturated rings. The molecule has 1 heterocycles. The third-order valence-corrected chi connectivity index (χ3v) is 5.97. The molecule has 0 aliphatic rings. The molecule has 4 nitrogen and oxygen atoms in total. The maximum Gasteiger partial charge on any atom is 0.341 e. The summed E-state index contributed by atoms with van der Waals surface area (Å²) in [6, 6.07) is 8.90. The Morgan fingerprint density at radius 1 is 0.926 bits per heavy atom. The Morgan fingerprint density at radius 3 is 2.07 bits per heavy atom. The lowest BCUT2D eigenvalue weighted by Gasteiger charge is -2.19. The van der Waals surface area contributed by atoms with Gasteiger partial charge in [0, 0.05) is 6.54 Å². The number of carboxylic acids is 1. The van der Waals surface area contributed by atoms with Gasteiger partial charge in [0.05, 0.1) is 5.52 Å². The largest absolute Gasteiger partial charge is 0.477 e. The van der Waals surface area contributed by atoms with Gasteiger partial charge in [-0.1, -0.05) is 18.2 Å². The third kappa shape index (κ3) is 3.16. The molecular weight excluding hydrogens is 338 g/mol. The summed E-state index contributed by atoms with van der Waals surface area (Å²) in [4.78, 5) is 24.3. The molecule has 0 saturated carbocycles. The van der Waals surface area contributed by atoms with E-state index in [4.69, 9.17) is 0 Å². The number of para-hydroxylation sites is 1. The number of rotatable bonds is 4. The van der Waals surface area contributed by atoms with Crippen LogP contribution >= 0.6 is 0 Å². The smallest absolute Gasteiger partial charge is 0.341 e. The van der Waals surface area contributed by atoms with E-state index >= 15 is 0 Å². The number of aromatic carboxylic acids is 1. The first kappa shape index (κ1) is 18.9. The summed E-state index contributed by atoms with van der Waals surface area (Å²) in [5.41, 5.74) is 7.76. The second-order valence-corrected chi connectivity index (χ2v) is 7.23. The van der Waals surface area contributed by atoms with Gasteiger partial charge in [-0.2, -0.15) is 0 Å². The number of aromatic nitrogens is 1. The first-order valence-electron chi connectivity index (χ1n) is 9.15. The molecular formula is C23H25NO3. The highest BCUT2D eigenvalue weighted by Crippen LogP contribution is 2.27. The molecule has 3 aromatic rings. The van der Waals surface area contributed by atoms with Crippen molar-refractivity contribution in [3.8, 4) is 0 Å². The minimum Gasteiger partial charge on any atom is -0.477 e. The fraction of sp³-hybridized carbons (Fsp3) is 0.304. The average molecular weight is 363 g/mol. The quantitative estimate of drug-likeness (QED) is 0.743. The van der Waals surface area contributed by atoms with Gasteiger partial charge in [0.2, 0.25) is 0 Å². The molecule has 4 heteroatoms. The predicted molar refractivity (Wildman–Crippen MR) is 109 cm³/mol. The normalized spacial score (nSPS) is 11.1. The van der Waals surface area contributed by atoms with Gasteiger partial charge >= 0.3 is 5.97 Å². The summed E-state index contributed by atoms with van der Waals surface area (Å²) < 4.78 is 1.60. The van der Waals surface area contributed by atoms with Gasteiger partial charge in [-0.25, -0.2) is 4.79 Å². The van der Waals surface area contributed by atoms with Gasteiger partial charge in [0.15, 0.2) is 0 Å². The van der Waals surface area contributed by atoms with Crippen molar-refractivity contribution in [2.75, 3.05) is 0 Å². The number of aryl methyl sites for hydroxylation is 1. The van der Waals surface area contributed by atoms with Crippen molar-refractivity contribution < 1.29 is 9.90 Å². The Hall–Kier alpha value is -2.88. The van der Waals surface area contributed by atoms with Crippen LogP contribution in [0.15, 0.2) is 35.1 Å². The van der Waals surface area contributed by atoms with Crippen molar-refractivity contribution >= 4 is 16.9 Å². The molecule has 140 valence electrons. The number of fused-ring (bicyclic) bond motifs is 1. The van der Waals surface area contributed by atoms with E-state index in [0.29, 0.717) is 13.0 Å². The summed E-state index contributed by atoms with van der Waals surface area (Å²) in [5, 5.41) is 10.2. The maximum atomic E-state index is 12.8. The molecule has 0 aliphatic carbocycles. The Bertz CT molecular complexity index is 1090. The summed E-state index contributed by atoms with van der Waals surface area (Å²) in [6.45, 7) is 11.1. The van der Waals surface area contributed by atoms with Crippen molar-refractivity contribution in [2.24, 2.45) is 0 Å². The van der Waals surface area contributed by atoms with Crippen molar-refractivity contribution in [2.45, 2.75) is 47.6 Å². The zero-order valence-corrected chi connectivity index (χ0v) is 16.5. The molecule has 0 atom stereocenters. The summed E-state index contributed by atoms with van der Waals surface area (Å²) >= 11 is 0. The molecule has 0 bridgehead atoms. The standard InChI is InChI=1S/C23H25NO3/c1-13-14(2)16(4)19(17(5)15(13)3)10-11-24-21-9-7-6-8-18(21)12-20(22(24)25)23(26)27/h6-9,12H,10-11H2,1-5H3,(H,26,27). The Kier molecular flexibility index (Phi) is 4.92. The number of nitrogens with zero attached hydrogens (tertiary/aromatic N) is 1. The number of carbonyl (C=O) groups is 1. The van der Waals surface area contributed by atoms with E-state index in [1.165, 1.54) is 39.4 Å². The van der Waals surface area contributed by atoms with Crippen molar-refractivity contribution in [3.63, 3.8) is 0 Å². The summed E-state index contributed by atoms with van der Waals surface area (Å²) in [7, 11) is 0. The molecule has 1 aromatic heterocycles. The zero-order chi connectivity index (χ0) is 19.9. The molecule has 0 amide bonds. The average Bonchev–Trinajstić information content (AvgIpc) is 2.65. The highest BCUT2D eigenvalue weighted by molar-refractivity contribution is 5.92. The van der Waals surface area contributed by atoms with Crippen LogP contribution in [0.1, 0.15) is 43.7 Å². The van der Waals surface area contributed by atoms with Crippen LogP contribution in [-0.2, 0) is 13.0 Å². The molecule has 0 radical (unpaired) electrons. The molecule has 2 aromatic carbocycles. The maximum absolute atomic E-state index is 12.8. The van der Waals surface area contributed by atoms with Gasteiger partial charge in [-0.05, 0) is 91.9 Å². The predicted octanol–water partition coefficient (Wildman–Crippen LogP) is 4.48. The third-order valence-electron chi connectivity index (χ3n) is 5.97. The van der Waals surface area contributed by atoms with Crippen LogP contribution < -0.4 is 5.56 Å². The lowest BCUT2D eigenvalue weighted by atomic mass is 9.88. The van der Waals surface area contributed by atoms with E-state index in [0.717, 1.165) is 10.9 Å². The van der Waals surface area contributed by atoms with Crippen LogP contribution in [-0.4, -0.2) is 15.6 Å². The lowest BCUT2D eigenvalue weighted by Crippen LogP contribution is -2.27. The number of benzene rings is 2. The second-order valence-electron chi connectivity index (χ2n) is 7.23. The van der Waals surface area contributed by atoms with E-state index in [9.17, 15) is 14.7 Å². The topological polar surface area (TPSA) is 59.3 Å². The van der Waals surface area contributed by atoms with E-state index < -0.39 is 11.5 Å². The Labute approximate surface area is 159 Å². The summed E-state index contributed by atoms with van der Waals surface area (Å²) in [5.74, 6) is -1.19. The van der Waals surface area contributed by atoms with Crippen LogP contribution in [0.25, 0.3) is 10.9 Å². The van der Waals surface area contributed by atoms with E-state index in [2.05, 4.69) is 34.6 Å². The van der Waals surface area contributed by atoms with E-state index in [1.54, 1.807) is 4.57 Å². The number of carboxylic acid groups (broad SMARTS) is 1. The summed E-state index contributed by atoms with van der Waals surface area (Å²) in [6.07, 6.45) is 0.687. The number of hydrogen-bond acceptors (Lipinski definition) is 2. The van der Waals surface area contributed by atoms with Crippen molar-refractivity contribution in [1.82, 2.24) is 4.57 Å². The van der Waals surface area contributed by atoms with E-state index in [1.807, 2.05) is 24.3 Å². The van der Waals surface area contributed by atoms with Crippen molar-refractivity contribution in [1.29, 1.82) is 0 Å². The minimum absolute atomic E-state index is 0.182. The Balaban J connectivity index is 2.13. The SMILES string of the molecule is Cc1c(C)c(C)c(CCn2c(=O)c(C(=O)O)cc3ccccc32)c(C)c1C. The minimum atomic E-state index is -1.19. The fourth-order valence-electron chi connectivity index (χ4n) is 3.88. The molecule has 3 rings (SSSR count). The van der Waals surface area contributed by atoms with Crippen LogP contribution in [0.4, 0.5) is 0 Å². The first-order chi connectivity index (χ1) is 12.7. The van der Waals surface area contributed by atoms with E-state index in [-0.39, 0.29) is 5.56 Å². The number of hydrogen-bond donors (Lipinski definition) is 1. The highest BCUT2D eigenvalue weighted by atomic mass is 16.4. The fourth-order valence-corrected chi connectivity index (χ4v) is 3.88. The van der Waals surface area contributed by atoms with Crippen LogP contribution in [0.3, 0.4) is 0 Å². The molecule has 27 heavy (non-hydrogen) atoms. The molecule has 0 unspecified atom stereocenters. The lowest BCUT2D eigenvalue weighted by molar-refractivity contribution is 0.0694. The zero-order valence-electron chi connectivity index (χ0n) is 16.5. The van der Waals surface area contributed by atoms with Crippen molar-refractivity contribution in [3.05, 3.63) is 79.6 Å². The second kappa shape index (κ2) is 7.03. The van der Waals surface area contributed by atoms with Crippen LogP contribution in [0, 0.1) is 34.6 Å². The van der Waals surface area contributed by atoms with Crippen LogP contribution in [0.2, 0.25) is 0 Å². The van der Waals surface area contributed by atoms with Gasteiger partial charge in [0.1, 0.15) is 5.56 Å². The monoisotopic (exact) mass is 363 g/mol. The number of pyridine rings is 1. The highest BCUT2D eigenvalue weighted by Gasteiger charge is 2.16. The van der Waals surface area contributed by atoms with Gasteiger partial charge in [0.25, 0.3) is 5.56 Å². The van der Waals surface area contributed by atoms with Gasteiger partial charge in [-0.3, -0.25) is 4.79 Å². The first-order valence-corrected chi connectivity index (χ1v) is 9.15. The van der Waals surface area contributed by atoms with Crippen LogP contribution in [0.5, 0.6) is 0 Å². The molecule has 0 spiro atoms. The molecule has 1 N–H and O–H groups in total. The van der Waals surface area contributed by atoms with Gasteiger partial charge < -0.3 is 9.67 Å².